The van der Waals surface area contributed by atoms with Crippen LogP contribution in [-0.2, 0) is 12.7 Å². The third-order valence-corrected chi connectivity index (χ3v) is 6.89. The summed E-state index contributed by atoms with van der Waals surface area (Å²) in [4.78, 5) is 23.1. The molecule has 1 saturated heterocycles. The number of pyridine rings is 1. The molecule has 1 aliphatic rings. The van der Waals surface area contributed by atoms with Gasteiger partial charge in [0.25, 0.3) is 0 Å². The Morgan fingerprint density at radius 3 is 2.59 bits per heavy atom. The van der Waals surface area contributed by atoms with E-state index in [9.17, 15) is 13.2 Å². The Labute approximate surface area is 223 Å². The number of alkyl halides is 3. The third-order valence-electron chi connectivity index (χ3n) is 6.89. The minimum Gasteiger partial charge on any atom is -0.338 e. The summed E-state index contributed by atoms with van der Waals surface area (Å²) in [6, 6.07) is 13.6. The maximum Gasteiger partial charge on any atom is 0.416 e. The Balaban J connectivity index is 1.32. The van der Waals surface area contributed by atoms with E-state index in [0.29, 0.717) is 35.0 Å². The molecule has 0 aliphatic carbocycles. The largest absolute Gasteiger partial charge is 0.416 e. The Morgan fingerprint density at radius 1 is 0.974 bits per heavy atom. The normalized spacial score (nSPS) is 14.3. The van der Waals surface area contributed by atoms with Gasteiger partial charge in [-0.05, 0) is 92.5 Å². The highest BCUT2D eigenvalue weighted by Gasteiger charge is 2.32. The van der Waals surface area contributed by atoms with Gasteiger partial charge in [0.05, 0.1) is 22.3 Å². The van der Waals surface area contributed by atoms with Gasteiger partial charge in [0.1, 0.15) is 5.82 Å². The van der Waals surface area contributed by atoms with Crippen molar-refractivity contribution in [2.75, 3.05) is 18.4 Å². The minimum absolute atomic E-state index is 0.394. The first-order valence-corrected chi connectivity index (χ1v) is 12.8. The monoisotopic (exact) mass is 529 g/mol. The second kappa shape index (κ2) is 10.1. The van der Waals surface area contributed by atoms with Gasteiger partial charge in [-0.25, -0.2) is 15.0 Å². The van der Waals surface area contributed by atoms with Gasteiger partial charge in [0.2, 0.25) is 5.95 Å². The Hall–Kier alpha value is -4.31. The van der Waals surface area contributed by atoms with Crippen LogP contribution in [0.1, 0.15) is 29.5 Å². The standard InChI is InChI=1S/C29H26F3N7/c1-18-11-25-26(15-24(18)38-28-34-8-6-23(37-28)20-5-4-7-33-16-20)36-27(35-25)21-12-19(17-39-9-2-3-10-39)13-22(14-21)29(30,31)32/h4-8,11-16H,2-3,9-10,17H2,1H3,(H,35,36)(H,34,37,38). The van der Waals surface area contributed by atoms with Crippen molar-refractivity contribution >= 4 is 22.7 Å². The first-order valence-electron chi connectivity index (χ1n) is 12.8. The number of rotatable bonds is 6. The van der Waals surface area contributed by atoms with Crippen LogP contribution in [0.5, 0.6) is 0 Å². The van der Waals surface area contributed by atoms with Crippen molar-refractivity contribution < 1.29 is 13.2 Å². The van der Waals surface area contributed by atoms with Crippen LogP contribution >= 0.6 is 0 Å². The zero-order valence-electron chi connectivity index (χ0n) is 21.3. The molecule has 5 aromatic rings. The Morgan fingerprint density at radius 2 is 1.82 bits per heavy atom. The summed E-state index contributed by atoms with van der Waals surface area (Å²) in [7, 11) is 0. The van der Waals surface area contributed by atoms with Crippen molar-refractivity contribution in [3.63, 3.8) is 0 Å². The van der Waals surface area contributed by atoms with E-state index in [1.54, 1.807) is 24.7 Å². The molecule has 0 saturated carbocycles. The van der Waals surface area contributed by atoms with E-state index in [4.69, 9.17) is 0 Å². The molecule has 10 heteroatoms. The molecule has 0 unspecified atom stereocenters. The van der Waals surface area contributed by atoms with Gasteiger partial charge in [-0.3, -0.25) is 9.88 Å². The van der Waals surface area contributed by atoms with Gasteiger partial charge < -0.3 is 10.3 Å². The number of aromatic nitrogens is 5. The van der Waals surface area contributed by atoms with Gasteiger partial charge in [-0.1, -0.05) is 0 Å². The van der Waals surface area contributed by atoms with Crippen LogP contribution in [-0.4, -0.2) is 42.9 Å². The summed E-state index contributed by atoms with van der Waals surface area (Å²) in [6.07, 6.45) is 2.81. The summed E-state index contributed by atoms with van der Waals surface area (Å²) in [5.74, 6) is 0.809. The molecule has 7 nitrogen and oxygen atoms in total. The lowest BCUT2D eigenvalue weighted by Crippen LogP contribution is -2.19. The summed E-state index contributed by atoms with van der Waals surface area (Å²) in [6.45, 7) is 4.23. The van der Waals surface area contributed by atoms with E-state index in [-0.39, 0.29) is 0 Å². The second-order valence-electron chi connectivity index (χ2n) is 9.80. The number of benzene rings is 2. The van der Waals surface area contributed by atoms with Crippen molar-refractivity contribution in [1.29, 1.82) is 0 Å². The van der Waals surface area contributed by atoms with Crippen LogP contribution < -0.4 is 5.32 Å². The molecule has 1 aliphatic heterocycles. The number of aryl methyl sites for hydroxylation is 1. The van der Waals surface area contributed by atoms with Gasteiger partial charge >= 0.3 is 6.18 Å². The predicted octanol–water partition coefficient (Wildman–Crippen LogP) is 6.75. The summed E-state index contributed by atoms with van der Waals surface area (Å²) >= 11 is 0. The van der Waals surface area contributed by atoms with Gasteiger partial charge in [-0.2, -0.15) is 13.2 Å². The van der Waals surface area contributed by atoms with E-state index >= 15 is 0 Å². The van der Waals surface area contributed by atoms with Gasteiger partial charge in [0.15, 0.2) is 0 Å². The number of imidazole rings is 1. The molecule has 0 atom stereocenters. The molecule has 198 valence electrons. The number of nitrogens with zero attached hydrogens (tertiary/aromatic N) is 5. The number of likely N-dealkylation sites (tertiary alicyclic amines) is 1. The van der Waals surface area contributed by atoms with Crippen molar-refractivity contribution in [2.45, 2.75) is 32.5 Å². The number of fused-ring (bicyclic) bond motifs is 1. The van der Waals surface area contributed by atoms with Crippen LogP contribution in [0.25, 0.3) is 33.7 Å². The second-order valence-corrected chi connectivity index (χ2v) is 9.80. The minimum atomic E-state index is -4.44. The number of H-pyrrole nitrogens is 1. The lowest BCUT2D eigenvalue weighted by Gasteiger charge is -2.17. The molecular formula is C29H26F3N7. The molecular weight excluding hydrogens is 503 g/mol. The van der Waals surface area contributed by atoms with E-state index in [1.807, 2.05) is 37.3 Å². The van der Waals surface area contributed by atoms with E-state index < -0.39 is 11.7 Å². The quantitative estimate of drug-likeness (QED) is 0.253. The zero-order valence-corrected chi connectivity index (χ0v) is 21.3. The molecule has 6 rings (SSSR count). The molecule has 1 fully saturated rings. The molecule has 3 aromatic heterocycles. The van der Waals surface area contributed by atoms with E-state index in [1.165, 1.54) is 6.07 Å². The van der Waals surface area contributed by atoms with Gasteiger partial charge in [0, 0.05) is 41.9 Å². The number of aromatic amines is 1. The topological polar surface area (TPSA) is 82.6 Å². The fourth-order valence-electron chi connectivity index (χ4n) is 4.93. The molecule has 0 radical (unpaired) electrons. The van der Waals surface area contributed by atoms with Crippen molar-refractivity contribution in [3.8, 4) is 22.6 Å². The average molecular weight is 530 g/mol. The maximum absolute atomic E-state index is 13.8. The highest BCUT2D eigenvalue weighted by atomic mass is 19.4. The number of nitrogens with one attached hydrogen (secondary N) is 2. The van der Waals surface area contributed by atoms with Crippen LogP contribution in [0.3, 0.4) is 0 Å². The highest BCUT2D eigenvalue weighted by molar-refractivity contribution is 5.85. The number of anilines is 2. The van der Waals surface area contributed by atoms with E-state index in [2.05, 4.69) is 35.1 Å². The molecule has 0 amide bonds. The lowest BCUT2D eigenvalue weighted by molar-refractivity contribution is -0.137. The van der Waals surface area contributed by atoms with Crippen LogP contribution in [0, 0.1) is 6.92 Å². The fraction of sp³-hybridized carbons (Fsp3) is 0.241. The van der Waals surface area contributed by atoms with Crippen LogP contribution in [0.4, 0.5) is 24.8 Å². The van der Waals surface area contributed by atoms with E-state index in [0.717, 1.165) is 60.0 Å². The Kier molecular flexibility index (Phi) is 6.48. The number of halogens is 3. The highest BCUT2D eigenvalue weighted by Crippen LogP contribution is 2.34. The third kappa shape index (κ3) is 5.46. The molecule has 39 heavy (non-hydrogen) atoms. The van der Waals surface area contributed by atoms with Crippen molar-refractivity contribution in [3.05, 3.63) is 83.8 Å². The number of hydrogen-bond donors (Lipinski definition) is 2. The summed E-state index contributed by atoms with van der Waals surface area (Å²) in [5.41, 5.74) is 5.00. The van der Waals surface area contributed by atoms with Crippen LogP contribution in [0.15, 0.2) is 67.1 Å². The number of hydrogen-bond acceptors (Lipinski definition) is 6. The lowest BCUT2D eigenvalue weighted by atomic mass is 10.0. The summed E-state index contributed by atoms with van der Waals surface area (Å²) in [5, 5.41) is 3.25. The smallest absolute Gasteiger partial charge is 0.338 e. The zero-order chi connectivity index (χ0) is 27.0. The van der Waals surface area contributed by atoms with Gasteiger partial charge in [-0.15, -0.1) is 0 Å². The van der Waals surface area contributed by atoms with Crippen LogP contribution in [0.2, 0.25) is 0 Å². The average Bonchev–Trinajstić information content (AvgIpc) is 3.59. The molecule has 2 N–H and O–H groups in total. The summed E-state index contributed by atoms with van der Waals surface area (Å²) < 4.78 is 41.3. The SMILES string of the molecule is Cc1cc2[nH]c(-c3cc(CN4CCCC4)cc(C(F)(F)F)c3)nc2cc1Nc1nccc(-c2cccnc2)n1. The maximum atomic E-state index is 13.8. The molecule has 0 spiro atoms. The van der Waals surface area contributed by atoms with Crippen molar-refractivity contribution in [2.24, 2.45) is 0 Å². The fourth-order valence-corrected chi connectivity index (χ4v) is 4.93. The Bertz CT molecular complexity index is 1620. The molecule has 0 bridgehead atoms. The van der Waals surface area contributed by atoms with Crippen molar-refractivity contribution in [1.82, 2.24) is 29.8 Å². The first kappa shape index (κ1) is 25.0. The molecule has 2 aromatic carbocycles. The first-order chi connectivity index (χ1) is 18.8. The molecule has 4 heterocycles. The predicted molar refractivity (Wildman–Crippen MR) is 144 cm³/mol.